The molecule has 0 amide bonds. The highest BCUT2D eigenvalue weighted by Crippen LogP contribution is 2.29. The fourth-order valence-electron chi connectivity index (χ4n) is 4.26. The zero-order chi connectivity index (χ0) is 32.5. The molecule has 0 saturated carbocycles. The fraction of sp³-hybridized carbons (Fsp3) is 0.263. The minimum absolute atomic E-state index is 0.135. The van der Waals surface area contributed by atoms with E-state index in [2.05, 4.69) is 23.7 Å². The van der Waals surface area contributed by atoms with E-state index in [0.717, 1.165) is 5.56 Å². The molecule has 6 nitrogen and oxygen atoms in total. The van der Waals surface area contributed by atoms with Crippen LogP contribution in [-0.2, 0) is 9.84 Å². The van der Waals surface area contributed by atoms with Crippen LogP contribution >= 0.6 is 0 Å². The lowest BCUT2D eigenvalue weighted by molar-refractivity contribution is 0.0927. The molecule has 0 atom stereocenters. The molecule has 45 heavy (non-hydrogen) atoms. The third-order valence-electron chi connectivity index (χ3n) is 7.65. The van der Waals surface area contributed by atoms with Crippen LogP contribution in [0.15, 0.2) is 107 Å². The molecule has 0 radical (unpaired) electrons. The van der Waals surface area contributed by atoms with E-state index in [4.69, 9.17) is 9.47 Å². The van der Waals surface area contributed by atoms with Crippen molar-refractivity contribution < 1.29 is 28.1 Å². The van der Waals surface area contributed by atoms with E-state index in [0.29, 0.717) is 54.2 Å². The Balaban J connectivity index is 1.40. The summed E-state index contributed by atoms with van der Waals surface area (Å²) in [7, 11) is -3.77. The first-order valence-electron chi connectivity index (χ1n) is 15.0. The molecule has 0 bridgehead atoms. The topological polar surface area (TPSA) is 93.1 Å². The van der Waals surface area contributed by atoms with Gasteiger partial charge in [0.2, 0.25) is 9.84 Å². The first-order valence-corrected chi connectivity index (χ1v) is 16.5. The van der Waals surface area contributed by atoms with Crippen molar-refractivity contribution in [3.8, 4) is 46.7 Å². The van der Waals surface area contributed by atoms with Gasteiger partial charge in [-0.2, -0.15) is 0 Å². The molecule has 4 rings (SSSR count). The normalized spacial score (nSPS) is 11.5. The summed E-state index contributed by atoms with van der Waals surface area (Å²) in [5.41, 5.74) is -0.545. The van der Waals surface area contributed by atoms with Gasteiger partial charge in [-0.25, -0.2) is 8.42 Å². The molecule has 0 aliphatic carbocycles. The lowest BCUT2D eigenvalue weighted by Crippen LogP contribution is -2.23. The number of benzene rings is 4. The van der Waals surface area contributed by atoms with Crippen LogP contribution in [0.3, 0.4) is 0 Å². The Kier molecular flexibility index (Phi) is 10.8. The van der Waals surface area contributed by atoms with Crippen molar-refractivity contribution in [2.75, 3.05) is 0 Å². The maximum absolute atomic E-state index is 13.3. The Bertz CT molecular complexity index is 1810. The van der Waals surface area contributed by atoms with Crippen molar-refractivity contribution >= 4 is 9.84 Å². The number of hydrogen-bond donors (Lipinski definition) is 2. The minimum atomic E-state index is -3.77. The number of rotatable bonds is 10. The SMILES string of the molecule is CCC(O)(C#Cc1ccc(Oc2ccc(S(=O)(=O)c3ccc(Oc4cccc(C#CC(O)(CC)CC)c4)cc3)cc2)cc1)CC. The summed E-state index contributed by atoms with van der Waals surface area (Å²) >= 11 is 0. The summed E-state index contributed by atoms with van der Waals surface area (Å²) < 4.78 is 38.4. The first-order chi connectivity index (χ1) is 21.5. The molecule has 0 spiro atoms. The molecule has 0 aromatic heterocycles. The number of aliphatic hydroxyl groups is 2. The summed E-state index contributed by atoms with van der Waals surface area (Å²) in [6.07, 6.45) is 2.19. The van der Waals surface area contributed by atoms with E-state index in [1.807, 2.05) is 52.0 Å². The average molecular weight is 623 g/mol. The van der Waals surface area contributed by atoms with E-state index >= 15 is 0 Å². The summed E-state index contributed by atoms with van der Waals surface area (Å²) in [6.45, 7) is 7.60. The zero-order valence-corrected chi connectivity index (χ0v) is 26.8. The van der Waals surface area contributed by atoms with Gasteiger partial charge >= 0.3 is 0 Å². The molecular weight excluding hydrogens is 584 g/mol. The average Bonchev–Trinajstić information content (AvgIpc) is 3.07. The molecule has 0 heterocycles. The van der Waals surface area contributed by atoms with Gasteiger partial charge < -0.3 is 19.7 Å². The second kappa shape index (κ2) is 14.5. The number of hydrogen-bond acceptors (Lipinski definition) is 6. The molecule has 7 heteroatoms. The fourth-order valence-corrected chi connectivity index (χ4v) is 5.52. The van der Waals surface area contributed by atoms with Crippen LogP contribution in [-0.4, -0.2) is 29.8 Å². The minimum Gasteiger partial charge on any atom is -0.457 e. The van der Waals surface area contributed by atoms with Crippen LogP contribution in [0.4, 0.5) is 0 Å². The first kappa shape index (κ1) is 33.4. The maximum Gasteiger partial charge on any atom is 0.206 e. The van der Waals surface area contributed by atoms with E-state index in [1.165, 1.54) is 24.3 Å². The molecule has 4 aromatic carbocycles. The van der Waals surface area contributed by atoms with Crippen molar-refractivity contribution in [1.29, 1.82) is 0 Å². The van der Waals surface area contributed by atoms with E-state index in [1.54, 1.807) is 48.5 Å². The smallest absolute Gasteiger partial charge is 0.206 e. The van der Waals surface area contributed by atoms with Gasteiger partial charge in [-0.3, -0.25) is 0 Å². The molecule has 0 fully saturated rings. The quantitative estimate of drug-likeness (QED) is 0.175. The van der Waals surface area contributed by atoms with Crippen LogP contribution in [0.1, 0.15) is 64.5 Å². The highest BCUT2D eigenvalue weighted by Gasteiger charge is 2.20. The van der Waals surface area contributed by atoms with Crippen molar-refractivity contribution in [2.45, 2.75) is 74.4 Å². The highest BCUT2D eigenvalue weighted by atomic mass is 32.2. The van der Waals surface area contributed by atoms with Crippen LogP contribution < -0.4 is 9.47 Å². The van der Waals surface area contributed by atoms with Crippen molar-refractivity contribution in [3.63, 3.8) is 0 Å². The number of sulfone groups is 1. The van der Waals surface area contributed by atoms with Crippen molar-refractivity contribution in [3.05, 3.63) is 108 Å². The maximum atomic E-state index is 13.3. The molecule has 4 aromatic rings. The summed E-state index contributed by atoms with van der Waals surface area (Å²) in [6, 6.07) is 26.8. The van der Waals surface area contributed by atoms with E-state index in [-0.39, 0.29) is 9.79 Å². The van der Waals surface area contributed by atoms with Gasteiger partial charge in [0.25, 0.3) is 0 Å². The van der Waals surface area contributed by atoms with Gasteiger partial charge in [-0.05, 0) is 117 Å². The summed E-state index contributed by atoms with van der Waals surface area (Å²) in [5, 5.41) is 20.8. The Labute approximate surface area is 266 Å². The second-order valence-corrected chi connectivity index (χ2v) is 12.6. The van der Waals surface area contributed by atoms with Gasteiger partial charge in [0, 0.05) is 11.1 Å². The largest absolute Gasteiger partial charge is 0.457 e. The monoisotopic (exact) mass is 622 g/mol. The predicted octanol–water partition coefficient (Wildman–Crippen LogP) is 7.91. The Morgan fingerprint density at radius 2 is 0.956 bits per heavy atom. The van der Waals surface area contributed by atoms with Gasteiger partial charge in [0.05, 0.1) is 9.79 Å². The van der Waals surface area contributed by atoms with E-state index in [9.17, 15) is 18.6 Å². The molecule has 0 unspecified atom stereocenters. The van der Waals surface area contributed by atoms with Crippen molar-refractivity contribution in [1.82, 2.24) is 0 Å². The lowest BCUT2D eigenvalue weighted by Gasteiger charge is -2.17. The molecule has 232 valence electrons. The summed E-state index contributed by atoms with van der Waals surface area (Å²) in [5.74, 6) is 14.0. The Hall–Kier alpha value is -4.53. The van der Waals surface area contributed by atoms with Gasteiger partial charge in [-0.15, -0.1) is 0 Å². The molecule has 0 aliphatic rings. The standard InChI is InChI=1S/C38H38O6S/c1-5-37(39,6-2)26-24-29-12-14-31(15-13-29)43-32-16-20-35(21-17-32)45(41,42)36-22-18-33(19-23-36)44-34-11-9-10-30(28-34)25-27-38(40,7-3)8-4/h9-23,28,39-40H,5-8H2,1-4H3. The highest BCUT2D eigenvalue weighted by molar-refractivity contribution is 7.91. The molecule has 0 saturated heterocycles. The van der Waals surface area contributed by atoms with Gasteiger partial charge in [0.1, 0.15) is 34.2 Å². The van der Waals surface area contributed by atoms with Crippen LogP contribution in [0.25, 0.3) is 0 Å². The van der Waals surface area contributed by atoms with Crippen LogP contribution in [0, 0.1) is 23.7 Å². The Morgan fingerprint density at radius 3 is 1.40 bits per heavy atom. The second-order valence-electron chi connectivity index (χ2n) is 10.7. The zero-order valence-electron chi connectivity index (χ0n) is 26.0. The predicted molar refractivity (Wildman–Crippen MR) is 176 cm³/mol. The third kappa shape index (κ3) is 8.77. The van der Waals surface area contributed by atoms with Gasteiger partial charge in [-0.1, -0.05) is 57.4 Å². The molecule has 0 aliphatic heterocycles. The van der Waals surface area contributed by atoms with Gasteiger partial charge in [0.15, 0.2) is 0 Å². The summed E-state index contributed by atoms with van der Waals surface area (Å²) in [4.78, 5) is 0.273. The molecule has 2 N–H and O–H groups in total. The lowest BCUT2D eigenvalue weighted by atomic mass is 9.98. The van der Waals surface area contributed by atoms with Crippen LogP contribution in [0.2, 0.25) is 0 Å². The third-order valence-corrected chi connectivity index (χ3v) is 9.43. The molecular formula is C38H38O6S. The van der Waals surface area contributed by atoms with Crippen LogP contribution in [0.5, 0.6) is 23.0 Å². The van der Waals surface area contributed by atoms with E-state index < -0.39 is 21.0 Å². The van der Waals surface area contributed by atoms with Crippen molar-refractivity contribution in [2.24, 2.45) is 0 Å². The number of ether oxygens (including phenoxy) is 2. The Morgan fingerprint density at radius 1 is 0.556 bits per heavy atom.